The summed E-state index contributed by atoms with van der Waals surface area (Å²) in [6, 6.07) is 10.5. The Hall–Kier alpha value is -3.26. The van der Waals surface area contributed by atoms with Crippen LogP contribution in [0.3, 0.4) is 0 Å². The van der Waals surface area contributed by atoms with E-state index in [2.05, 4.69) is 15.6 Å². The summed E-state index contributed by atoms with van der Waals surface area (Å²) in [6.07, 6.45) is 3.50. The van der Waals surface area contributed by atoms with Gasteiger partial charge in [0.2, 0.25) is 5.91 Å². The van der Waals surface area contributed by atoms with E-state index in [0.717, 1.165) is 22.6 Å². The third kappa shape index (κ3) is 3.59. The van der Waals surface area contributed by atoms with Gasteiger partial charge in [-0.2, -0.15) is 0 Å². The lowest BCUT2D eigenvalue weighted by Crippen LogP contribution is -2.48. The number of hydrogen-bond acceptors (Lipinski definition) is 5. The molecule has 2 fully saturated rings. The highest BCUT2D eigenvalue weighted by molar-refractivity contribution is 6.02. The number of rotatable bonds is 4. The van der Waals surface area contributed by atoms with Gasteiger partial charge in [-0.15, -0.1) is 0 Å². The van der Waals surface area contributed by atoms with Gasteiger partial charge >= 0.3 is 6.03 Å². The molecule has 0 aliphatic carbocycles. The summed E-state index contributed by atoms with van der Waals surface area (Å²) in [7, 11) is 0. The molecule has 2 N–H and O–H groups in total. The fourth-order valence-corrected chi connectivity index (χ4v) is 3.58. The summed E-state index contributed by atoms with van der Waals surface area (Å²) in [4.78, 5) is 44.0. The van der Waals surface area contributed by atoms with Gasteiger partial charge in [0.05, 0.1) is 19.1 Å². The van der Waals surface area contributed by atoms with E-state index in [4.69, 9.17) is 0 Å². The predicted molar refractivity (Wildman–Crippen MR) is 101 cm³/mol. The number of carbonyl (C=O) groups excluding carboxylic acids is 3. The molecule has 144 valence electrons. The second kappa shape index (κ2) is 7.77. The van der Waals surface area contributed by atoms with Crippen LogP contribution in [0, 0.1) is 0 Å². The number of piperazine rings is 1. The van der Waals surface area contributed by atoms with Crippen LogP contribution in [-0.2, 0) is 11.3 Å². The van der Waals surface area contributed by atoms with Crippen molar-refractivity contribution in [2.24, 2.45) is 0 Å². The smallest absolute Gasteiger partial charge is 0.324 e. The quantitative estimate of drug-likeness (QED) is 0.771. The Bertz CT molecular complexity index is 886. The minimum atomic E-state index is -0.402. The van der Waals surface area contributed by atoms with Crippen LogP contribution in [0.4, 0.5) is 4.79 Å². The fourth-order valence-electron chi connectivity index (χ4n) is 3.58. The van der Waals surface area contributed by atoms with Crippen LogP contribution in [0.2, 0.25) is 0 Å². The number of pyridine rings is 1. The van der Waals surface area contributed by atoms with E-state index >= 15 is 0 Å². The van der Waals surface area contributed by atoms with E-state index in [1.165, 1.54) is 0 Å². The zero-order chi connectivity index (χ0) is 19.5. The van der Waals surface area contributed by atoms with Crippen molar-refractivity contribution in [3.05, 3.63) is 65.5 Å². The van der Waals surface area contributed by atoms with E-state index in [0.29, 0.717) is 18.7 Å². The molecule has 1 atom stereocenters. The molecule has 0 spiro atoms. The molecule has 4 amide bonds. The predicted octanol–water partition coefficient (Wildman–Crippen LogP) is 0.920. The molecule has 1 unspecified atom stereocenters. The number of carbonyl (C=O) groups is 3. The van der Waals surface area contributed by atoms with Gasteiger partial charge < -0.3 is 15.5 Å². The Balaban J connectivity index is 1.55. The van der Waals surface area contributed by atoms with Crippen LogP contribution in [0.25, 0.3) is 0 Å². The Morgan fingerprint density at radius 1 is 1.21 bits per heavy atom. The molecule has 2 aliphatic rings. The largest absolute Gasteiger partial charge is 0.329 e. The molecule has 1 aromatic heterocycles. The third-order valence-corrected chi connectivity index (χ3v) is 5.03. The van der Waals surface area contributed by atoms with Crippen LogP contribution in [-0.4, -0.2) is 58.8 Å². The summed E-state index contributed by atoms with van der Waals surface area (Å²) < 4.78 is 0. The van der Waals surface area contributed by atoms with Gasteiger partial charge in [-0.25, -0.2) is 4.79 Å². The summed E-state index contributed by atoms with van der Waals surface area (Å²) in [5, 5.41) is 5.83. The molecule has 0 bridgehead atoms. The number of benzene rings is 1. The average Bonchev–Trinajstić information content (AvgIpc) is 3.06. The monoisotopic (exact) mass is 379 g/mol. The number of nitrogens with one attached hydrogen (secondary N) is 2. The number of amides is 4. The van der Waals surface area contributed by atoms with Gasteiger partial charge in [0, 0.05) is 37.6 Å². The maximum atomic E-state index is 13.2. The van der Waals surface area contributed by atoms with E-state index in [-0.39, 0.29) is 30.9 Å². The lowest BCUT2D eigenvalue weighted by molar-refractivity contribution is -0.125. The minimum absolute atomic E-state index is 0.0189. The van der Waals surface area contributed by atoms with Gasteiger partial charge in [-0.05, 0) is 29.3 Å². The Kier molecular flexibility index (Phi) is 5.03. The topological polar surface area (TPSA) is 94.6 Å². The highest BCUT2D eigenvalue weighted by Gasteiger charge is 2.30. The summed E-state index contributed by atoms with van der Waals surface area (Å²) in [5.74, 6) is -0.338. The highest BCUT2D eigenvalue weighted by Crippen LogP contribution is 2.24. The standard InChI is InChI=1S/C20H21N5O3/c26-18-12-23-20(28)25(18)13-14-3-1-4-15(9-14)19(27)24-8-7-22-11-17(24)16-5-2-6-21-10-16/h1-6,9-10,17,22H,7-8,11-13H2,(H,23,28). The van der Waals surface area contributed by atoms with Crippen molar-refractivity contribution in [1.29, 1.82) is 0 Å². The highest BCUT2D eigenvalue weighted by atomic mass is 16.2. The number of aromatic nitrogens is 1. The first-order valence-corrected chi connectivity index (χ1v) is 9.22. The summed E-state index contributed by atoms with van der Waals surface area (Å²) in [6.45, 7) is 2.16. The van der Waals surface area contributed by atoms with E-state index < -0.39 is 6.03 Å². The SMILES string of the molecule is O=C1CNC(=O)N1Cc1cccc(C(=O)N2CCNCC2c2cccnc2)c1. The Morgan fingerprint density at radius 3 is 2.86 bits per heavy atom. The number of imide groups is 1. The molecular weight excluding hydrogens is 358 g/mol. The van der Waals surface area contributed by atoms with Crippen molar-refractivity contribution in [3.8, 4) is 0 Å². The summed E-state index contributed by atoms with van der Waals surface area (Å²) >= 11 is 0. The van der Waals surface area contributed by atoms with Crippen LogP contribution in [0.1, 0.15) is 27.5 Å². The number of nitrogens with zero attached hydrogens (tertiary/aromatic N) is 3. The first-order valence-electron chi connectivity index (χ1n) is 9.22. The molecule has 0 saturated carbocycles. The van der Waals surface area contributed by atoms with Crippen molar-refractivity contribution in [3.63, 3.8) is 0 Å². The van der Waals surface area contributed by atoms with Crippen molar-refractivity contribution in [1.82, 2.24) is 25.4 Å². The Morgan fingerprint density at radius 2 is 2.11 bits per heavy atom. The second-order valence-electron chi connectivity index (χ2n) is 6.84. The van der Waals surface area contributed by atoms with Crippen molar-refractivity contribution in [2.45, 2.75) is 12.6 Å². The van der Waals surface area contributed by atoms with Crippen LogP contribution < -0.4 is 10.6 Å². The van der Waals surface area contributed by atoms with Crippen LogP contribution >= 0.6 is 0 Å². The molecule has 8 nitrogen and oxygen atoms in total. The molecular formula is C20H21N5O3. The second-order valence-corrected chi connectivity index (χ2v) is 6.84. The molecule has 28 heavy (non-hydrogen) atoms. The average molecular weight is 379 g/mol. The van der Waals surface area contributed by atoms with Gasteiger partial charge in [0.1, 0.15) is 0 Å². The number of hydrogen-bond donors (Lipinski definition) is 2. The fraction of sp³-hybridized carbons (Fsp3) is 0.300. The lowest BCUT2D eigenvalue weighted by atomic mass is 10.0. The first kappa shape index (κ1) is 18.1. The zero-order valence-electron chi connectivity index (χ0n) is 15.3. The van der Waals surface area contributed by atoms with Crippen LogP contribution in [0.15, 0.2) is 48.8 Å². The Labute approximate surface area is 162 Å². The van der Waals surface area contributed by atoms with E-state index in [1.54, 1.807) is 30.6 Å². The molecule has 4 rings (SSSR count). The van der Waals surface area contributed by atoms with Gasteiger partial charge in [0.15, 0.2) is 0 Å². The first-order chi connectivity index (χ1) is 13.6. The van der Waals surface area contributed by atoms with Crippen molar-refractivity contribution < 1.29 is 14.4 Å². The van der Waals surface area contributed by atoms with Gasteiger partial charge in [-0.3, -0.25) is 19.5 Å². The molecule has 8 heteroatoms. The molecule has 1 aromatic carbocycles. The van der Waals surface area contributed by atoms with E-state index in [9.17, 15) is 14.4 Å². The number of urea groups is 1. The van der Waals surface area contributed by atoms with Crippen molar-refractivity contribution in [2.75, 3.05) is 26.2 Å². The molecule has 2 aliphatic heterocycles. The zero-order valence-corrected chi connectivity index (χ0v) is 15.3. The maximum absolute atomic E-state index is 13.2. The van der Waals surface area contributed by atoms with Gasteiger partial charge in [-0.1, -0.05) is 18.2 Å². The molecule has 0 radical (unpaired) electrons. The van der Waals surface area contributed by atoms with Crippen molar-refractivity contribution >= 4 is 17.8 Å². The molecule has 2 saturated heterocycles. The van der Waals surface area contributed by atoms with Gasteiger partial charge in [0.25, 0.3) is 5.91 Å². The third-order valence-electron chi connectivity index (χ3n) is 5.03. The maximum Gasteiger partial charge on any atom is 0.324 e. The lowest BCUT2D eigenvalue weighted by Gasteiger charge is -2.36. The van der Waals surface area contributed by atoms with Crippen LogP contribution in [0.5, 0.6) is 0 Å². The minimum Gasteiger partial charge on any atom is -0.329 e. The molecule has 2 aromatic rings. The molecule has 3 heterocycles. The van der Waals surface area contributed by atoms with E-state index in [1.807, 2.05) is 23.1 Å². The normalized spacial score (nSPS) is 19.6. The summed E-state index contributed by atoms with van der Waals surface area (Å²) in [5.41, 5.74) is 2.27.